The molecule has 1 aromatic rings. The molecular weight excluding hydrogens is 268 g/mol. The van der Waals surface area contributed by atoms with Crippen LogP contribution in [0, 0.1) is 5.92 Å². The van der Waals surface area contributed by atoms with Crippen LogP contribution in [0.25, 0.3) is 0 Å². The van der Waals surface area contributed by atoms with Crippen molar-refractivity contribution in [3.05, 3.63) is 24.3 Å². The second-order valence-electron chi connectivity index (χ2n) is 5.34. The SMILES string of the molecule is CCOc1ccccc1OCNC(=O)N1CCCC(C)C1. The van der Waals surface area contributed by atoms with Crippen molar-refractivity contribution in [3.63, 3.8) is 0 Å². The normalized spacial score (nSPS) is 18.2. The summed E-state index contributed by atoms with van der Waals surface area (Å²) in [6.45, 7) is 6.48. The Morgan fingerprint density at radius 1 is 1.33 bits per heavy atom. The standard InChI is InChI=1S/C16H24N2O3/c1-3-20-14-8-4-5-9-15(14)21-12-17-16(19)18-10-6-7-13(2)11-18/h4-5,8-9,13H,3,6-7,10-12H2,1-2H3,(H,17,19). The van der Waals surface area contributed by atoms with Crippen LogP contribution in [-0.4, -0.2) is 37.4 Å². The molecule has 1 N–H and O–H groups in total. The van der Waals surface area contributed by atoms with Crippen LogP contribution in [0.4, 0.5) is 4.79 Å². The van der Waals surface area contributed by atoms with Crippen LogP contribution in [0.2, 0.25) is 0 Å². The molecule has 2 rings (SSSR count). The maximum atomic E-state index is 12.0. The van der Waals surface area contributed by atoms with Crippen LogP contribution >= 0.6 is 0 Å². The lowest BCUT2D eigenvalue weighted by Gasteiger charge is -2.30. The van der Waals surface area contributed by atoms with Crippen LogP contribution in [0.5, 0.6) is 11.5 Å². The van der Waals surface area contributed by atoms with E-state index in [2.05, 4.69) is 12.2 Å². The molecule has 5 nitrogen and oxygen atoms in total. The average molecular weight is 292 g/mol. The number of hydrogen-bond donors (Lipinski definition) is 1. The zero-order valence-corrected chi connectivity index (χ0v) is 12.8. The lowest BCUT2D eigenvalue weighted by Crippen LogP contribution is -2.46. The first-order chi connectivity index (χ1) is 10.2. The summed E-state index contributed by atoms with van der Waals surface area (Å²) in [7, 11) is 0. The maximum Gasteiger partial charge on any atom is 0.320 e. The largest absolute Gasteiger partial charge is 0.490 e. The fourth-order valence-corrected chi connectivity index (χ4v) is 2.51. The molecule has 0 aromatic heterocycles. The number of carbonyl (C=O) groups excluding carboxylic acids is 1. The summed E-state index contributed by atoms with van der Waals surface area (Å²) in [6.07, 6.45) is 2.27. The number of nitrogens with zero attached hydrogens (tertiary/aromatic N) is 1. The Bertz CT molecular complexity index is 465. The fourth-order valence-electron chi connectivity index (χ4n) is 2.51. The molecule has 2 amide bonds. The van der Waals surface area contributed by atoms with Crippen molar-refractivity contribution in [1.29, 1.82) is 0 Å². The van der Waals surface area contributed by atoms with Gasteiger partial charge in [0, 0.05) is 13.1 Å². The minimum atomic E-state index is -0.0598. The molecule has 1 fully saturated rings. The van der Waals surface area contributed by atoms with Crippen LogP contribution < -0.4 is 14.8 Å². The molecule has 21 heavy (non-hydrogen) atoms. The number of rotatable bonds is 5. The Kier molecular flexibility index (Phi) is 5.72. The first-order valence-electron chi connectivity index (χ1n) is 7.58. The van der Waals surface area contributed by atoms with Gasteiger partial charge in [-0.15, -0.1) is 0 Å². The van der Waals surface area contributed by atoms with Crippen molar-refractivity contribution in [2.24, 2.45) is 5.92 Å². The third-order valence-electron chi connectivity index (χ3n) is 3.54. The lowest BCUT2D eigenvalue weighted by atomic mass is 10.0. The number of amides is 2. The summed E-state index contributed by atoms with van der Waals surface area (Å²) in [5.41, 5.74) is 0. The topological polar surface area (TPSA) is 50.8 Å². The van der Waals surface area contributed by atoms with E-state index in [1.54, 1.807) is 0 Å². The highest BCUT2D eigenvalue weighted by Gasteiger charge is 2.20. The zero-order valence-electron chi connectivity index (χ0n) is 12.8. The zero-order chi connectivity index (χ0) is 15.1. The second-order valence-corrected chi connectivity index (χ2v) is 5.34. The summed E-state index contributed by atoms with van der Waals surface area (Å²) in [5, 5.41) is 2.80. The van der Waals surface area contributed by atoms with E-state index in [1.807, 2.05) is 36.1 Å². The van der Waals surface area contributed by atoms with Crippen molar-refractivity contribution in [2.45, 2.75) is 26.7 Å². The van der Waals surface area contributed by atoms with E-state index < -0.39 is 0 Å². The molecule has 1 aliphatic heterocycles. The third-order valence-corrected chi connectivity index (χ3v) is 3.54. The highest BCUT2D eigenvalue weighted by atomic mass is 16.5. The Hall–Kier alpha value is -1.91. The van der Waals surface area contributed by atoms with Crippen LogP contribution in [-0.2, 0) is 0 Å². The predicted octanol–water partition coefficient (Wildman–Crippen LogP) is 2.86. The average Bonchev–Trinajstić information content (AvgIpc) is 2.49. The molecular formula is C16H24N2O3. The van der Waals surface area contributed by atoms with Gasteiger partial charge in [-0.05, 0) is 37.8 Å². The van der Waals surface area contributed by atoms with Crippen LogP contribution in [0.15, 0.2) is 24.3 Å². The molecule has 1 atom stereocenters. The van der Waals surface area contributed by atoms with Crippen molar-refractivity contribution in [2.75, 3.05) is 26.4 Å². The van der Waals surface area contributed by atoms with E-state index >= 15 is 0 Å². The quantitative estimate of drug-likeness (QED) is 0.849. The minimum absolute atomic E-state index is 0.0598. The fraction of sp³-hybridized carbons (Fsp3) is 0.562. The van der Waals surface area contributed by atoms with Crippen molar-refractivity contribution < 1.29 is 14.3 Å². The van der Waals surface area contributed by atoms with E-state index in [9.17, 15) is 4.79 Å². The van der Waals surface area contributed by atoms with Crippen molar-refractivity contribution in [1.82, 2.24) is 10.2 Å². The molecule has 1 saturated heterocycles. The third kappa shape index (κ3) is 4.55. The number of urea groups is 1. The highest BCUT2D eigenvalue weighted by Crippen LogP contribution is 2.26. The number of likely N-dealkylation sites (tertiary alicyclic amines) is 1. The first kappa shape index (κ1) is 15.5. The predicted molar refractivity (Wildman–Crippen MR) is 81.6 cm³/mol. The summed E-state index contributed by atoms with van der Waals surface area (Å²) in [6, 6.07) is 7.40. The maximum absolute atomic E-state index is 12.0. The molecule has 0 saturated carbocycles. The number of nitrogens with one attached hydrogen (secondary N) is 1. The molecule has 116 valence electrons. The molecule has 0 aliphatic carbocycles. The van der Waals surface area contributed by atoms with E-state index in [0.29, 0.717) is 24.0 Å². The first-order valence-corrected chi connectivity index (χ1v) is 7.58. The van der Waals surface area contributed by atoms with Gasteiger partial charge in [0.2, 0.25) is 0 Å². The second kappa shape index (κ2) is 7.76. The van der Waals surface area contributed by atoms with Gasteiger partial charge in [0.05, 0.1) is 6.61 Å². The monoisotopic (exact) mass is 292 g/mol. The highest BCUT2D eigenvalue weighted by molar-refractivity contribution is 5.74. The Morgan fingerprint density at radius 3 is 2.71 bits per heavy atom. The van der Waals surface area contributed by atoms with E-state index in [1.165, 1.54) is 6.42 Å². The number of benzene rings is 1. The van der Waals surface area contributed by atoms with Crippen molar-refractivity contribution in [3.8, 4) is 11.5 Å². The van der Waals surface area contributed by atoms with Gasteiger partial charge in [-0.25, -0.2) is 4.79 Å². The van der Waals surface area contributed by atoms with E-state index in [4.69, 9.17) is 9.47 Å². The van der Waals surface area contributed by atoms with Gasteiger partial charge in [-0.3, -0.25) is 0 Å². The molecule has 5 heteroatoms. The Labute approximate surface area is 126 Å². The number of hydrogen-bond acceptors (Lipinski definition) is 3. The number of ether oxygens (including phenoxy) is 2. The molecule has 1 aliphatic rings. The van der Waals surface area contributed by atoms with E-state index in [0.717, 1.165) is 19.5 Å². The number of piperidine rings is 1. The molecule has 0 bridgehead atoms. The summed E-state index contributed by atoms with van der Waals surface area (Å²) < 4.78 is 11.1. The summed E-state index contributed by atoms with van der Waals surface area (Å²) >= 11 is 0. The van der Waals surface area contributed by atoms with Crippen molar-refractivity contribution >= 4 is 6.03 Å². The Morgan fingerprint density at radius 2 is 2.05 bits per heavy atom. The van der Waals surface area contributed by atoms with Gasteiger partial charge in [-0.1, -0.05) is 19.1 Å². The van der Waals surface area contributed by atoms with Gasteiger partial charge in [0.15, 0.2) is 18.2 Å². The Balaban J connectivity index is 1.80. The van der Waals surface area contributed by atoms with Crippen LogP contribution in [0.1, 0.15) is 26.7 Å². The van der Waals surface area contributed by atoms with Gasteiger partial charge < -0.3 is 19.7 Å². The minimum Gasteiger partial charge on any atom is -0.490 e. The number of para-hydroxylation sites is 2. The van der Waals surface area contributed by atoms with Gasteiger partial charge in [0.25, 0.3) is 0 Å². The van der Waals surface area contributed by atoms with Gasteiger partial charge >= 0.3 is 6.03 Å². The summed E-state index contributed by atoms with van der Waals surface area (Å²) in [4.78, 5) is 13.9. The van der Waals surface area contributed by atoms with Gasteiger partial charge in [0.1, 0.15) is 0 Å². The van der Waals surface area contributed by atoms with E-state index in [-0.39, 0.29) is 12.8 Å². The molecule has 0 radical (unpaired) electrons. The smallest absolute Gasteiger partial charge is 0.320 e. The summed E-state index contributed by atoms with van der Waals surface area (Å²) in [5.74, 6) is 1.91. The molecule has 0 spiro atoms. The number of carbonyl (C=O) groups is 1. The molecule has 1 aromatic carbocycles. The lowest BCUT2D eigenvalue weighted by molar-refractivity contribution is 0.159. The molecule has 1 unspecified atom stereocenters. The van der Waals surface area contributed by atoms with Crippen LogP contribution in [0.3, 0.4) is 0 Å². The molecule has 1 heterocycles. The van der Waals surface area contributed by atoms with Gasteiger partial charge in [-0.2, -0.15) is 0 Å².